The molecule has 1 N–H and O–H groups in total. The number of piperidine rings is 1. The average Bonchev–Trinajstić information content (AvgIpc) is 3.31. The summed E-state index contributed by atoms with van der Waals surface area (Å²) in [5.41, 5.74) is 2.47. The number of thiophene rings is 1. The molecule has 0 amide bonds. The number of nitrogens with one attached hydrogen (secondary N) is 1. The SMILES string of the molecule is CCCN1CCC(Nc2nc(-c3cccnc3)nc3sc4c(c23)CCC4)CC1. The minimum atomic E-state index is 0.491. The van der Waals surface area contributed by atoms with Crippen molar-refractivity contribution in [2.24, 2.45) is 0 Å². The molecule has 0 atom stereocenters. The quantitative estimate of drug-likeness (QED) is 0.690. The van der Waals surface area contributed by atoms with Gasteiger partial charge < -0.3 is 10.2 Å². The van der Waals surface area contributed by atoms with Gasteiger partial charge in [-0.1, -0.05) is 6.92 Å². The monoisotopic (exact) mass is 393 g/mol. The van der Waals surface area contributed by atoms with Crippen molar-refractivity contribution in [3.05, 3.63) is 35.0 Å². The standard InChI is InChI=1S/C22H27N5S/c1-2-11-27-12-8-16(9-13-27)24-21-19-17-6-3-7-18(17)28-22(19)26-20(25-21)15-5-4-10-23-14-15/h4-5,10,14,16H,2-3,6-9,11-13H2,1H3,(H,24,25,26). The molecular weight excluding hydrogens is 366 g/mol. The average molecular weight is 394 g/mol. The van der Waals surface area contributed by atoms with Crippen LogP contribution in [-0.4, -0.2) is 45.5 Å². The maximum atomic E-state index is 5.00. The first-order valence-electron chi connectivity index (χ1n) is 10.5. The molecule has 3 aromatic heterocycles. The molecule has 3 aromatic rings. The molecule has 146 valence electrons. The molecular formula is C22H27N5S. The van der Waals surface area contributed by atoms with Crippen molar-refractivity contribution >= 4 is 27.4 Å². The largest absolute Gasteiger partial charge is 0.367 e. The van der Waals surface area contributed by atoms with E-state index in [2.05, 4.69) is 22.1 Å². The molecule has 2 aliphatic rings. The van der Waals surface area contributed by atoms with Crippen molar-refractivity contribution in [3.8, 4) is 11.4 Å². The highest BCUT2D eigenvalue weighted by Gasteiger charge is 2.25. The number of hydrogen-bond acceptors (Lipinski definition) is 6. The molecule has 4 heterocycles. The number of likely N-dealkylation sites (tertiary alicyclic amines) is 1. The fourth-order valence-electron chi connectivity index (χ4n) is 4.53. The third kappa shape index (κ3) is 3.40. The highest BCUT2D eigenvalue weighted by Crippen LogP contribution is 2.40. The van der Waals surface area contributed by atoms with Gasteiger partial charge in [0.15, 0.2) is 5.82 Å². The first-order valence-corrected chi connectivity index (χ1v) is 11.3. The molecule has 5 nitrogen and oxygen atoms in total. The summed E-state index contributed by atoms with van der Waals surface area (Å²) in [4.78, 5) is 19.4. The Morgan fingerprint density at radius 3 is 2.89 bits per heavy atom. The number of anilines is 1. The molecule has 0 aromatic carbocycles. The number of pyridine rings is 1. The zero-order chi connectivity index (χ0) is 18.9. The van der Waals surface area contributed by atoms with E-state index < -0.39 is 0 Å². The molecule has 0 bridgehead atoms. The number of aromatic nitrogens is 3. The number of aryl methyl sites for hydroxylation is 2. The highest BCUT2D eigenvalue weighted by molar-refractivity contribution is 7.19. The van der Waals surface area contributed by atoms with E-state index in [1.807, 2.05) is 29.7 Å². The van der Waals surface area contributed by atoms with Crippen molar-refractivity contribution < 1.29 is 0 Å². The van der Waals surface area contributed by atoms with Crippen LogP contribution in [0.25, 0.3) is 21.6 Å². The van der Waals surface area contributed by atoms with Crippen LogP contribution in [0.4, 0.5) is 5.82 Å². The number of hydrogen-bond donors (Lipinski definition) is 1. The molecule has 1 saturated heterocycles. The maximum Gasteiger partial charge on any atom is 0.164 e. The second kappa shape index (κ2) is 7.76. The number of fused-ring (bicyclic) bond motifs is 3. The fraction of sp³-hybridized carbons (Fsp3) is 0.500. The van der Waals surface area contributed by atoms with E-state index in [0.717, 1.165) is 28.5 Å². The summed E-state index contributed by atoms with van der Waals surface area (Å²) in [5, 5.41) is 5.10. The topological polar surface area (TPSA) is 53.9 Å². The van der Waals surface area contributed by atoms with Gasteiger partial charge >= 0.3 is 0 Å². The van der Waals surface area contributed by atoms with Gasteiger partial charge in [0.1, 0.15) is 10.6 Å². The van der Waals surface area contributed by atoms with Gasteiger partial charge in [-0.3, -0.25) is 4.98 Å². The Labute approximate surface area is 170 Å². The summed E-state index contributed by atoms with van der Waals surface area (Å²) in [7, 11) is 0. The van der Waals surface area contributed by atoms with E-state index in [0.29, 0.717) is 6.04 Å². The van der Waals surface area contributed by atoms with Crippen LogP contribution in [0.3, 0.4) is 0 Å². The lowest BCUT2D eigenvalue weighted by molar-refractivity contribution is 0.219. The molecule has 1 fully saturated rings. The van der Waals surface area contributed by atoms with Crippen LogP contribution < -0.4 is 5.32 Å². The molecule has 0 unspecified atom stereocenters. The van der Waals surface area contributed by atoms with Gasteiger partial charge in [-0.05, 0) is 62.8 Å². The third-order valence-corrected chi connectivity index (χ3v) is 7.14. The van der Waals surface area contributed by atoms with Crippen LogP contribution in [0.15, 0.2) is 24.5 Å². The van der Waals surface area contributed by atoms with Gasteiger partial charge in [-0.15, -0.1) is 11.3 Å². The Kier molecular flexibility index (Phi) is 4.99. The van der Waals surface area contributed by atoms with Crippen LogP contribution >= 0.6 is 11.3 Å². The molecule has 6 heteroatoms. The predicted molar refractivity (Wildman–Crippen MR) is 116 cm³/mol. The lowest BCUT2D eigenvalue weighted by Gasteiger charge is -2.32. The lowest BCUT2D eigenvalue weighted by atomic mass is 10.0. The van der Waals surface area contributed by atoms with Gasteiger partial charge in [0.05, 0.1) is 5.39 Å². The summed E-state index contributed by atoms with van der Waals surface area (Å²) in [6, 6.07) is 4.49. The minimum Gasteiger partial charge on any atom is -0.367 e. The molecule has 0 radical (unpaired) electrons. The summed E-state index contributed by atoms with van der Waals surface area (Å²) in [6.07, 6.45) is 10.9. The summed E-state index contributed by atoms with van der Waals surface area (Å²) >= 11 is 1.86. The Hall–Kier alpha value is -2.05. The lowest BCUT2D eigenvalue weighted by Crippen LogP contribution is -2.39. The van der Waals surface area contributed by atoms with Crippen LogP contribution in [0.5, 0.6) is 0 Å². The van der Waals surface area contributed by atoms with E-state index in [4.69, 9.17) is 9.97 Å². The van der Waals surface area contributed by atoms with Crippen molar-refractivity contribution in [3.63, 3.8) is 0 Å². The first-order chi connectivity index (χ1) is 13.8. The third-order valence-electron chi connectivity index (χ3n) is 5.95. The number of rotatable bonds is 5. The maximum absolute atomic E-state index is 5.00. The van der Waals surface area contributed by atoms with E-state index in [9.17, 15) is 0 Å². The highest BCUT2D eigenvalue weighted by atomic mass is 32.1. The zero-order valence-corrected chi connectivity index (χ0v) is 17.3. The predicted octanol–water partition coefficient (Wildman–Crippen LogP) is 4.53. The normalized spacial score (nSPS) is 17.9. The Morgan fingerprint density at radius 1 is 1.21 bits per heavy atom. The van der Waals surface area contributed by atoms with Crippen LogP contribution in [0.2, 0.25) is 0 Å². The van der Waals surface area contributed by atoms with Crippen molar-refractivity contribution in [2.75, 3.05) is 25.0 Å². The first kappa shape index (κ1) is 18.0. The summed E-state index contributed by atoms with van der Waals surface area (Å²) in [5.74, 6) is 1.82. The molecule has 28 heavy (non-hydrogen) atoms. The van der Waals surface area contributed by atoms with Gasteiger partial charge in [-0.2, -0.15) is 0 Å². The van der Waals surface area contributed by atoms with Crippen molar-refractivity contribution in [1.29, 1.82) is 0 Å². The Bertz CT molecular complexity index is 960. The molecule has 0 spiro atoms. The van der Waals surface area contributed by atoms with Crippen LogP contribution in [0.1, 0.15) is 43.0 Å². The zero-order valence-electron chi connectivity index (χ0n) is 16.4. The molecule has 1 aliphatic heterocycles. The summed E-state index contributed by atoms with van der Waals surface area (Å²) in [6.45, 7) is 5.83. The van der Waals surface area contributed by atoms with Gasteiger partial charge in [0.2, 0.25) is 0 Å². The van der Waals surface area contributed by atoms with E-state index in [-0.39, 0.29) is 0 Å². The van der Waals surface area contributed by atoms with Gasteiger partial charge in [-0.25, -0.2) is 9.97 Å². The smallest absolute Gasteiger partial charge is 0.164 e. The minimum absolute atomic E-state index is 0.491. The van der Waals surface area contributed by atoms with Crippen LogP contribution in [0, 0.1) is 0 Å². The van der Waals surface area contributed by atoms with Crippen molar-refractivity contribution in [2.45, 2.75) is 51.5 Å². The van der Waals surface area contributed by atoms with Crippen molar-refractivity contribution in [1.82, 2.24) is 19.9 Å². The second-order valence-electron chi connectivity index (χ2n) is 7.94. The molecule has 1 aliphatic carbocycles. The second-order valence-corrected chi connectivity index (χ2v) is 9.02. The van der Waals surface area contributed by atoms with E-state index in [1.54, 1.807) is 6.20 Å². The summed E-state index contributed by atoms with van der Waals surface area (Å²) < 4.78 is 0. The van der Waals surface area contributed by atoms with Crippen LogP contribution in [-0.2, 0) is 12.8 Å². The van der Waals surface area contributed by atoms with E-state index >= 15 is 0 Å². The Balaban J connectivity index is 1.49. The van der Waals surface area contributed by atoms with E-state index in [1.165, 1.54) is 67.6 Å². The van der Waals surface area contributed by atoms with Gasteiger partial charge in [0, 0.05) is 42.0 Å². The number of nitrogens with zero attached hydrogens (tertiary/aromatic N) is 4. The Morgan fingerprint density at radius 2 is 2.11 bits per heavy atom. The fourth-order valence-corrected chi connectivity index (χ4v) is 5.80. The molecule has 5 rings (SSSR count). The molecule has 0 saturated carbocycles. The van der Waals surface area contributed by atoms with Gasteiger partial charge in [0.25, 0.3) is 0 Å².